The van der Waals surface area contributed by atoms with Crippen LogP contribution in [-0.2, 0) is 4.79 Å². The lowest BCUT2D eigenvalue weighted by Crippen LogP contribution is -2.41. The monoisotopic (exact) mass is 294 g/mol. The van der Waals surface area contributed by atoms with Crippen molar-refractivity contribution in [3.05, 3.63) is 41.5 Å². The van der Waals surface area contributed by atoms with Gasteiger partial charge in [0.1, 0.15) is 11.6 Å². The number of halogens is 2. The Morgan fingerprint density at radius 3 is 2.81 bits per heavy atom. The van der Waals surface area contributed by atoms with Crippen molar-refractivity contribution in [2.75, 3.05) is 26.7 Å². The molecule has 2 rings (SSSR count). The number of hydrogen-bond acceptors (Lipinski definition) is 2. The molecule has 0 spiro atoms. The van der Waals surface area contributed by atoms with Gasteiger partial charge in [0.2, 0.25) is 5.91 Å². The Kier molecular flexibility index (Phi) is 5.44. The minimum atomic E-state index is -0.661. The van der Waals surface area contributed by atoms with E-state index in [4.69, 9.17) is 0 Å². The predicted molar refractivity (Wildman–Crippen MR) is 78.6 cm³/mol. The highest BCUT2D eigenvalue weighted by atomic mass is 19.1. The fourth-order valence-corrected chi connectivity index (χ4v) is 2.65. The highest BCUT2D eigenvalue weighted by Gasteiger charge is 2.21. The predicted octanol–water partition coefficient (Wildman–Crippen LogP) is 2.44. The van der Waals surface area contributed by atoms with Crippen molar-refractivity contribution in [3.63, 3.8) is 0 Å². The minimum Gasteiger partial charge on any atom is -0.339 e. The average molecular weight is 294 g/mol. The molecule has 1 amide bonds. The van der Waals surface area contributed by atoms with Crippen molar-refractivity contribution in [2.45, 2.75) is 12.8 Å². The van der Waals surface area contributed by atoms with Crippen LogP contribution in [0, 0.1) is 17.6 Å². The van der Waals surface area contributed by atoms with Crippen molar-refractivity contribution in [2.24, 2.45) is 5.92 Å². The van der Waals surface area contributed by atoms with Gasteiger partial charge >= 0.3 is 0 Å². The van der Waals surface area contributed by atoms with Gasteiger partial charge in [-0.3, -0.25) is 4.79 Å². The molecule has 0 saturated carbocycles. The third kappa shape index (κ3) is 4.11. The number of nitrogens with zero attached hydrogens (tertiary/aromatic N) is 1. The first-order valence-electron chi connectivity index (χ1n) is 7.17. The van der Waals surface area contributed by atoms with Crippen LogP contribution in [0.3, 0.4) is 0 Å². The number of benzene rings is 1. The van der Waals surface area contributed by atoms with E-state index in [0.29, 0.717) is 19.0 Å². The Bertz CT molecular complexity index is 509. The third-order valence-electron chi connectivity index (χ3n) is 3.72. The van der Waals surface area contributed by atoms with Gasteiger partial charge in [-0.2, -0.15) is 0 Å². The molecule has 1 heterocycles. The maximum atomic E-state index is 13.5. The Labute approximate surface area is 123 Å². The second-order valence-electron chi connectivity index (χ2n) is 5.32. The maximum Gasteiger partial charge on any atom is 0.246 e. The zero-order valence-electron chi connectivity index (χ0n) is 12.1. The van der Waals surface area contributed by atoms with Crippen LogP contribution < -0.4 is 5.32 Å². The van der Waals surface area contributed by atoms with E-state index < -0.39 is 11.6 Å². The van der Waals surface area contributed by atoms with Gasteiger partial charge in [0, 0.05) is 24.7 Å². The molecule has 1 aromatic rings. The van der Waals surface area contributed by atoms with E-state index in [1.165, 1.54) is 30.4 Å². The molecule has 1 aliphatic rings. The van der Waals surface area contributed by atoms with Gasteiger partial charge in [-0.05, 0) is 50.6 Å². The number of amides is 1. The van der Waals surface area contributed by atoms with Crippen molar-refractivity contribution in [1.29, 1.82) is 0 Å². The van der Waals surface area contributed by atoms with Crippen molar-refractivity contribution in [1.82, 2.24) is 10.2 Å². The van der Waals surface area contributed by atoms with Gasteiger partial charge < -0.3 is 10.2 Å². The van der Waals surface area contributed by atoms with Gasteiger partial charge in [-0.25, -0.2) is 8.78 Å². The fourth-order valence-electron chi connectivity index (χ4n) is 2.65. The molecule has 1 atom stereocenters. The molecule has 5 heteroatoms. The molecule has 114 valence electrons. The Hall–Kier alpha value is -1.75. The number of nitrogens with one attached hydrogen (secondary N) is 1. The summed E-state index contributed by atoms with van der Waals surface area (Å²) in [7, 11) is 1.89. The molecule has 0 radical (unpaired) electrons. The van der Waals surface area contributed by atoms with Crippen molar-refractivity contribution in [3.8, 4) is 0 Å². The maximum absolute atomic E-state index is 13.5. The fraction of sp³-hybridized carbons (Fsp3) is 0.438. The second kappa shape index (κ2) is 7.31. The summed E-state index contributed by atoms with van der Waals surface area (Å²) in [5.74, 6) is -1.08. The van der Waals surface area contributed by atoms with E-state index in [1.54, 1.807) is 4.90 Å². The lowest BCUT2D eigenvalue weighted by Gasteiger charge is -2.32. The normalized spacial score (nSPS) is 19.2. The van der Waals surface area contributed by atoms with Gasteiger partial charge in [-0.15, -0.1) is 0 Å². The van der Waals surface area contributed by atoms with E-state index in [0.717, 1.165) is 19.4 Å². The van der Waals surface area contributed by atoms with Gasteiger partial charge in [-0.1, -0.05) is 6.07 Å². The van der Waals surface area contributed by atoms with E-state index in [1.807, 2.05) is 7.05 Å². The smallest absolute Gasteiger partial charge is 0.246 e. The summed E-state index contributed by atoms with van der Waals surface area (Å²) >= 11 is 0. The van der Waals surface area contributed by atoms with E-state index in [2.05, 4.69) is 5.32 Å². The van der Waals surface area contributed by atoms with Crippen LogP contribution in [0.5, 0.6) is 0 Å². The van der Waals surface area contributed by atoms with Crippen LogP contribution in [0.25, 0.3) is 6.08 Å². The van der Waals surface area contributed by atoms with Gasteiger partial charge in [0.15, 0.2) is 0 Å². The molecule has 3 nitrogen and oxygen atoms in total. The van der Waals surface area contributed by atoms with E-state index >= 15 is 0 Å². The summed E-state index contributed by atoms with van der Waals surface area (Å²) in [4.78, 5) is 13.9. The van der Waals surface area contributed by atoms with Crippen LogP contribution >= 0.6 is 0 Å². The van der Waals surface area contributed by atoms with Crippen LogP contribution in [0.15, 0.2) is 24.3 Å². The third-order valence-corrected chi connectivity index (χ3v) is 3.72. The largest absolute Gasteiger partial charge is 0.339 e. The highest BCUT2D eigenvalue weighted by Crippen LogP contribution is 2.17. The number of carbonyl (C=O) groups is 1. The number of rotatable bonds is 4. The number of likely N-dealkylation sites (tertiary alicyclic amines) is 1. The minimum absolute atomic E-state index is 0.172. The van der Waals surface area contributed by atoms with E-state index in [-0.39, 0.29) is 11.5 Å². The van der Waals surface area contributed by atoms with Crippen molar-refractivity contribution < 1.29 is 13.6 Å². The highest BCUT2D eigenvalue weighted by molar-refractivity contribution is 5.91. The van der Waals surface area contributed by atoms with Gasteiger partial charge in [0.25, 0.3) is 0 Å². The molecule has 1 aromatic carbocycles. The molecule has 0 aliphatic carbocycles. The summed E-state index contributed by atoms with van der Waals surface area (Å²) in [5, 5.41) is 3.11. The topological polar surface area (TPSA) is 32.3 Å². The molecule has 1 fully saturated rings. The first kappa shape index (κ1) is 15.6. The number of hydrogen-bond donors (Lipinski definition) is 1. The molecule has 0 aromatic heterocycles. The molecular weight excluding hydrogens is 274 g/mol. The standard InChI is InChI=1S/C16H20F2N2O/c1-19-10-12-4-3-9-20(11-12)16(21)8-7-13-14(17)5-2-6-15(13)18/h2,5-8,12,19H,3-4,9-11H2,1H3/b8-7+. The zero-order chi connectivity index (χ0) is 15.2. The molecule has 0 bridgehead atoms. The lowest BCUT2D eigenvalue weighted by molar-refractivity contribution is -0.127. The summed E-state index contributed by atoms with van der Waals surface area (Å²) in [6.45, 7) is 2.25. The van der Waals surface area contributed by atoms with Gasteiger partial charge in [0.05, 0.1) is 0 Å². The first-order valence-corrected chi connectivity index (χ1v) is 7.17. The average Bonchev–Trinajstić information content (AvgIpc) is 2.47. The van der Waals surface area contributed by atoms with Crippen LogP contribution in [-0.4, -0.2) is 37.5 Å². The Morgan fingerprint density at radius 2 is 2.14 bits per heavy atom. The SMILES string of the molecule is CNCC1CCCN(C(=O)/C=C/c2c(F)cccc2F)C1. The lowest BCUT2D eigenvalue weighted by atomic mass is 9.98. The molecule has 21 heavy (non-hydrogen) atoms. The molecule has 1 saturated heterocycles. The molecular formula is C16H20F2N2O. The molecule has 1 aliphatic heterocycles. The molecule has 1 N–H and O–H groups in total. The zero-order valence-corrected chi connectivity index (χ0v) is 12.1. The number of carbonyl (C=O) groups excluding carboxylic acids is 1. The molecule has 1 unspecified atom stereocenters. The summed E-state index contributed by atoms with van der Waals surface area (Å²) in [6, 6.07) is 3.66. The van der Waals surface area contributed by atoms with Crippen molar-refractivity contribution >= 4 is 12.0 Å². The summed E-state index contributed by atoms with van der Waals surface area (Å²) < 4.78 is 27.0. The van der Waals surface area contributed by atoms with Crippen LogP contribution in [0.4, 0.5) is 8.78 Å². The number of piperidine rings is 1. The first-order chi connectivity index (χ1) is 10.1. The second-order valence-corrected chi connectivity index (χ2v) is 5.32. The van der Waals surface area contributed by atoms with E-state index in [9.17, 15) is 13.6 Å². The Morgan fingerprint density at radius 1 is 1.43 bits per heavy atom. The Balaban J connectivity index is 2.02. The summed E-state index contributed by atoms with van der Waals surface area (Å²) in [6.07, 6.45) is 4.52. The van der Waals surface area contributed by atoms with Crippen LogP contribution in [0.2, 0.25) is 0 Å². The summed E-state index contributed by atoms with van der Waals surface area (Å²) in [5.41, 5.74) is -0.172. The quantitative estimate of drug-likeness (QED) is 0.865. The van der Waals surface area contributed by atoms with Crippen LogP contribution in [0.1, 0.15) is 18.4 Å².